The van der Waals surface area contributed by atoms with Gasteiger partial charge in [-0.05, 0) is 54.7 Å². The van der Waals surface area contributed by atoms with Gasteiger partial charge < -0.3 is 13.9 Å². The highest BCUT2D eigenvalue weighted by atomic mass is 32.2. The first-order valence-corrected chi connectivity index (χ1v) is 12.5. The number of ether oxygens (including phenoxy) is 1. The molecule has 37 heavy (non-hydrogen) atoms. The van der Waals surface area contributed by atoms with Crippen molar-refractivity contribution in [2.75, 3.05) is 6.61 Å². The minimum absolute atomic E-state index is 0.0160. The molecule has 2 heterocycles. The molecule has 0 aliphatic carbocycles. The van der Waals surface area contributed by atoms with E-state index in [0.29, 0.717) is 35.6 Å². The molecule has 1 aromatic heterocycles. The predicted octanol–water partition coefficient (Wildman–Crippen LogP) is 6.27. The number of nitrogens with zero attached hydrogens (tertiary/aromatic N) is 1. The SMILES string of the molecule is Cc1c(OS(=O)(=O)C(F)(F)F)c(-c2ccc3c(c2)CCCO3)c2cc(-c3ccccc3)[nH]c2c1[N+](=O)[O-]. The fourth-order valence-corrected chi connectivity index (χ4v) is 5.03. The Morgan fingerprint density at radius 3 is 2.49 bits per heavy atom. The minimum atomic E-state index is -6.14. The fraction of sp³-hybridized carbons (Fsp3) is 0.200. The van der Waals surface area contributed by atoms with E-state index in [0.717, 1.165) is 18.9 Å². The van der Waals surface area contributed by atoms with Crippen molar-refractivity contribution in [2.45, 2.75) is 25.3 Å². The summed E-state index contributed by atoms with van der Waals surface area (Å²) in [7, 11) is -6.14. The number of aromatic nitrogens is 1. The zero-order chi connectivity index (χ0) is 26.5. The maximum absolute atomic E-state index is 13.3. The number of rotatable bonds is 5. The number of nitrogens with one attached hydrogen (secondary N) is 1. The van der Waals surface area contributed by atoms with E-state index < -0.39 is 32.0 Å². The van der Waals surface area contributed by atoms with Gasteiger partial charge >= 0.3 is 15.6 Å². The zero-order valence-corrected chi connectivity index (χ0v) is 20.1. The van der Waals surface area contributed by atoms with Crippen molar-refractivity contribution in [1.29, 1.82) is 0 Å². The predicted molar refractivity (Wildman–Crippen MR) is 130 cm³/mol. The van der Waals surface area contributed by atoms with Crippen molar-refractivity contribution >= 4 is 26.7 Å². The number of nitro benzene ring substituents is 1. The molecule has 0 atom stereocenters. The number of benzene rings is 3. The summed E-state index contributed by atoms with van der Waals surface area (Å²) in [5.41, 5.74) is -4.45. The number of aromatic amines is 1. The molecule has 1 aliphatic rings. The summed E-state index contributed by atoms with van der Waals surface area (Å²) in [6, 6.07) is 15.2. The quantitative estimate of drug-likeness (QED) is 0.140. The lowest BCUT2D eigenvalue weighted by Gasteiger charge is -2.20. The average molecular weight is 532 g/mol. The molecule has 0 spiro atoms. The Balaban J connectivity index is 1.88. The number of hydrogen-bond donors (Lipinski definition) is 1. The molecule has 0 amide bonds. The number of halogens is 3. The summed E-state index contributed by atoms with van der Waals surface area (Å²) in [4.78, 5) is 14.3. The van der Waals surface area contributed by atoms with E-state index in [1.165, 1.54) is 6.07 Å². The molecule has 1 N–H and O–H groups in total. The molecule has 1 aliphatic heterocycles. The van der Waals surface area contributed by atoms with Gasteiger partial charge in [0.15, 0.2) is 5.75 Å². The van der Waals surface area contributed by atoms with E-state index in [2.05, 4.69) is 9.17 Å². The highest BCUT2D eigenvalue weighted by Crippen LogP contribution is 2.48. The summed E-state index contributed by atoms with van der Waals surface area (Å²) < 4.78 is 74.5. The summed E-state index contributed by atoms with van der Waals surface area (Å²) in [5.74, 6) is -0.152. The van der Waals surface area contributed by atoms with Crippen LogP contribution in [0.3, 0.4) is 0 Å². The van der Waals surface area contributed by atoms with Gasteiger partial charge in [0.05, 0.1) is 17.1 Å². The smallest absolute Gasteiger partial charge is 0.493 e. The maximum atomic E-state index is 13.3. The third-order valence-electron chi connectivity index (χ3n) is 6.19. The van der Waals surface area contributed by atoms with E-state index in [9.17, 15) is 31.7 Å². The second kappa shape index (κ2) is 8.80. The molecule has 0 fully saturated rings. The molecule has 0 saturated carbocycles. The molecule has 3 aromatic carbocycles. The lowest BCUT2D eigenvalue weighted by Crippen LogP contribution is -2.28. The molecule has 192 valence electrons. The van der Waals surface area contributed by atoms with Gasteiger partial charge in [-0.3, -0.25) is 10.1 Å². The van der Waals surface area contributed by atoms with E-state index in [1.807, 2.05) is 0 Å². The Hall–Kier alpha value is -4.06. The Morgan fingerprint density at radius 2 is 1.81 bits per heavy atom. The Labute approximate surface area is 208 Å². The number of hydrogen-bond acceptors (Lipinski definition) is 6. The van der Waals surface area contributed by atoms with Crippen molar-refractivity contribution < 1.29 is 35.4 Å². The van der Waals surface area contributed by atoms with Gasteiger partial charge in [0, 0.05) is 16.6 Å². The summed E-state index contributed by atoms with van der Waals surface area (Å²) in [6.45, 7) is 1.68. The summed E-state index contributed by atoms with van der Waals surface area (Å²) >= 11 is 0. The number of nitro groups is 1. The van der Waals surface area contributed by atoms with Crippen LogP contribution in [-0.2, 0) is 16.5 Å². The third kappa shape index (κ3) is 4.26. The van der Waals surface area contributed by atoms with Gasteiger partial charge in [-0.1, -0.05) is 36.4 Å². The van der Waals surface area contributed by atoms with Gasteiger partial charge in [0.25, 0.3) is 5.69 Å². The normalized spacial score (nSPS) is 13.7. The Bertz CT molecular complexity index is 1650. The molecular formula is C25H19F3N2O6S. The maximum Gasteiger partial charge on any atom is 0.534 e. The van der Waals surface area contributed by atoms with Crippen LogP contribution in [0.25, 0.3) is 33.3 Å². The van der Waals surface area contributed by atoms with Gasteiger partial charge in [0.1, 0.15) is 11.3 Å². The van der Waals surface area contributed by atoms with E-state index in [1.54, 1.807) is 48.5 Å². The lowest BCUT2D eigenvalue weighted by molar-refractivity contribution is -0.383. The first kappa shape index (κ1) is 24.6. The van der Waals surface area contributed by atoms with Crippen LogP contribution in [0.1, 0.15) is 17.5 Å². The summed E-state index contributed by atoms with van der Waals surface area (Å²) in [5, 5.41) is 12.2. The topological polar surface area (TPSA) is 112 Å². The van der Waals surface area contributed by atoms with Crippen LogP contribution in [0.2, 0.25) is 0 Å². The monoisotopic (exact) mass is 532 g/mol. The molecule has 0 saturated heterocycles. The first-order chi connectivity index (χ1) is 17.5. The van der Waals surface area contributed by atoms with Crippen LogP contribution in [0.4, 0.5) is 18.9 Å². The van der Waals surface area contributed by atoms with E-state index in [-0.39, 0.29) is 22.0 Å². The van der Waals surface area contributed by atoms with E-state index >= 15 is 0 Å². The molecule has 0 bridgehead atoms. The van der Waals surface area contributed by atoms with Crippen LogP contribution < -0.4 is 8.92 Å². The lowest BCUT2D eigenvalue weighted by atomic mass is 9.93. The van der Waals surface area contributed by atoms with Gasteiger partial charge in [-0.15, -0.1) is 0 Å². The molecule has 8 nitrogen and oxygen atoms in total. The van der Waals surface area contributed by atoms with Crippen LogP contribution in [0.15, 0.2) is 54.6 Å². The minimum Gasteiger partial charge on any atom is -0.493 e. The van der Waals surface area contributed by atoms with Gasteiger partial charge in [0.2, 0.25) is 0 Å². The number of alkyl halides is 3. The Kier molecular flexibility index (Phi) is 5.86. The van der Waals surface area contributed by atoms with Crippen molar-refractivity contribution in [3.05, 3.63) is 75.8 Å². The molecule has 5 rings (SSSR count). The van der Waals surface area contributed by atoms with E-state index in [4.69, 9.17) is 4.74 Å². The highest BCUT2D eigenvalue weighted by molar-refractivity contribution is 7.88. The van der Waals surface area contributed by atoms with Crippen LogP contribution in [0, 0.1) is 17.0 Å². The molecule has 0 unspecified atom stereocenters. The van der Waals surface area contributed by atoms with Crippen molar-refractivity contribution in [3.8, 4) is 33.9 Å². The third-order valence-corrected chi connectivity index (χ3v) is 7.14. The first-order valence-electron chi connectivity index (χ1n) is 11.1. The number of H-pyrrole nitrogens is 1. The zero-order valence-electron chi connectivity index (χ0n) is 19.3. The summed E-state index contributed by atoms with van der Waals surface area (Å²) in [6.07, 6.45) is 1.36. The van der Waals surface area contributed by atoms with Crippen molar-refractivity contribution in [2.24, 2.45) is 0 Å². The molecule has 4 aromatic rings. The average Bonchev–Trinajstić information content (AvgIpc) is 3.28. The van der Waals surface area contributed by atoms with Gasteiger partial charge in [-0.25, -0.2) is 0 Å². The van der Waals surface area contributed by atoms with Crippen LogP contribution >= 0.6 is 0 Å². The molecule has 0 radical (unpaired) electrons. The number of fused-ring (bicyclic) bond motifs is 2. The van der Waals surface area contributed by atoms with Crippen molar-refractivity contribution in [3.63, 3.8) is 0 Å². The Morgan fingerprint density at radius 1 is 1.08 bits per heavy atom. The standard InChI is InChI=1S/C25H19F3N2O6S/c1-14-23(30(31)32)22-18(13-19(29-22)15-6-3-2-4-7-15)21(24(14)36-37(33,34)25(26,27)28)17-9-10-20-16(12-17)8-5-11-35-20/h2-4,6-7,9-10,12-13,29H,5,8,11H2,1H3. The van der Waals surface area contributed by atoms with Crippen molar-refractivity contribution in [1.82, 2.24) is 4.98 Å². The fourth-order valence-electron chi connectivity index (χ4n) is 4.51. The second-order valence-corrected chi connectivity index (χ2v) is 10.1. The van der Waals surface area contributed by atoms with Crippen LogP contribution in [0.5, 0.6) is 11.5 Å². The molecular weight excluding hydrogens is 513 g/mol. The molecule has 12 heteroatoms. The highest BCUT2D eigenvalue weighted by Gasteiger charge is 2.49. The number of aryl methyl sites for hydroxylation is 1. The van der Waals surface area contributed by atoms with Crippen LogP contribution in [-0.4, -0.2) is 30.4 Å². The van der Waals surface area contributed by atoms with Gasteiger partial charge in [-0.2, -0.15) is 21.6 Å². The second-order valence-electron chi connectivity index (χ2n) is 8.53. The largest absolute Gasteiger partial charge is 0.534 e.